The molecule has 18 heavy (non-hydrogen) atoms. The number of aliphatic hydroxyl groups is 1. The molecule has 1 aliphatic rings. The summed E-state index contributed by atoms with van der Waals surface area (Å²) in [6.45, 7) is 4.28. The number of pyridine rings is 1. The van der Waals surface area contributed by atoms with E-state index in [1.165, 1.54) is 0 Å². The Morgan fingerprint density at radius 2 is 2.06 bits per heavy atom. The van der Waals surface area contributed by atoms with Crippen LogP contribution in [0.2, 0.25) is 10.0 Å². The molecule has 0 saturated carbocycles. The summed E-state index contributed by atoms with van der Waals surface area (Å²) >= 11 is 12.3. The third-order valence-electron chi connectivity index (χ3n) is 3.02. The van der Waals surface area contributed by atoms with Gasteiger partial charge in [0.1, 0.15) is 11.6 Å². The molecule has 1 aliphatic heterocycles. The first kappa shape index (κ1) is 13.7. The van der Waals surface area contributed by atoms with E-state index in [1.807, 2.05) is 6.92 Å². The van der Waals surface area contributed by atoms with Gasteiger partial charge in [-0.15, -0.1) is 0 Å². The molecule has 2 heterocycles. The SMILES string of the molecule is CCNc1nc(N2CCC(O)CC2)c(Cl)cc1Cl. The number of aromatic nitrogens is 1. The minimum atomic E-state index is -0.208. The normalized spacial score (nSPS) is 17.0. The molecule has 0 bridgehead atoms. The van der Waals surface area contributed by atoms with Crippen LogP contribution in [0.25, 0.3) is 0 Å². The van der Waals surface area contributed by atoms with Crippen LogP contribution in [-0.4, -0.2) is 35.8 Å². The first-order chi connectivity index (χ1) is 8.61. The molecular weight excluding hydrogens is 273 g/mol. The van der Waals surface area contributed by atoms with E-state index in [2.05, 4.69) is 15.2 Å². The van der Waals surface area contributed by atoms with Gasteiger partial charge in [0.2, 0.25) is 0 Å². The van der Waals surface area contributed by atoms with Crippen LogP contribution in [0, 0.1) is 0 Å². The van der Waals surface area contributed by atoms with Crippen molar-refractivity contribution in [3.63, 3.8) is 0 Å². The number of hydrogen-bond donors (Lipinski definition) is 2. The molecule has 1 aromatic rings. The van der Waals surface area contributed by atoms with E-state index in [9.17, 15) is 5.11 Å². The van der Waals surface area contributed by atoms with Crippen molar-refractivity contribution >= 4 is 34.8 Å². The molecule has 2 rings (SSSR count). The largest absolute Gasteiger partial charge is 0.393 e. The van der Waals surface area contributed by atoms with Gasteiger partial charge in [0.15, 0.2) is 0 Å². The summed E-state index contributed by atoms with van der Waals surface area (Å²) in [6.07, 6.45) is 1.29. The molecule has 6 heteroatoms. The molecule has 0 radical (unpaired) electrons. The highest BCUT2D eigenvalue weighted by atomic mass is 35.5. The quantitative estimate of drug-likeness (QED) is 0.898. The maximum atomic E-state index is 9.51. The van der Waals surface area contributed by atoms with Gasteiger partial charge in [0.05, 0.1) is 16.1 Å². The first-order valence-corrected chi connectivity index (χ1v) is 6.90. The molecule has 0 unspecified atom stereocenters. The molecular formula is C12H17Cl2N3O. The number of nitrogens with one attached hydrogen (secondary N) is 1. The van der Waals surface area contributed by atoms with Crippen LogP contribution in [0.1, 0.15) is 19.8 Å². The minimum absolute atomic E-state index is 0.208. The predicted molar refractivity (Wildman–Crippen MR) is 75.9 cm³/mol. The number of hydrogen-bond acceptors (Lipinski definition) is 4. The van der Waals surface area contributed by atoms with Gasteiger partial charge in [-0.1, -0.05) is 23.2 Å². The third-order valence-corrected chi connectivity index (χ3v) is 3.59. The van der Waals surface area contributed by atoms with Gasteiger partial charge in [0.25, 0.3) is 0 Å². The molecule has 2 N–H and O–H groups in total. The summed E-state index contributed by atoms with van der Waals surface area (Å²) in [5, 5.41) is 13.7. The summed E-state index contributed by atoms with van der Waals surface area (Å²) in [5.74, 6) is 1.40. The monoisotopic (exact) mass is 289 g/mol. The van der Waals surface area contributed by atoms with Crippen LogP contribution in [0.3, 0.4) is 0 Å². The van der Waals surface area contributed by atoms with Crippen molar-refractivity contribution in [2.24, 2.45) is 0 Å². The molecule has 0 spiro atoms. The second-order valence-electron chi connectivity index (χ2n) is 4.37. The van der Waals surface area contributed by atoms with Crippen molar-refractivity contribution in [2.75, 3.05) is 29.9 Å². The molecule has 0 aliphatic carbocycles. The molecule has 1 fully saturated rings. The standard InChI is InChI=1S/C12H17Cl2N3O/c1-2-15-11-9(13)7-10(14)12(16-11)17-5-3-8(18)4-6-17/h7-8,18H,2-6H2,1H3,(H,15,16). The van der Waals surface area contributed by atoms with Crippen LogP contribution in [0.15, 0.2) is 6.07 Å². The van der Waals surface area contributed by atoms with Gasteiger partial charge < -0.3 is 15.3 Å². The lowest BCUT2D eigenvalue weighted by Gasteiger charge is -2.31. The number of nitrogens with zero attached hydrogens (tertiary/aromatic N) is 2. The molecule has 0 amide bonds. The van der Waals surface area contributed by atoms with Gasteiger partial charge in [-0.2, -0.15) is 0 Å². The molecule has 0 atom stereocenters. The van der Waals surface area contributed by atoms with Gasteiger partial charge >= 0.3 is 0 Å². The highest BCUT2D eigenvalue weighted by Crippen LogP contribution is 2.32. The Kier molecular flexibility index (Phi) is 4.54. The average molecular weight is 290 g/mol. The van der Waals surface area contributed by atoms with Crippen molar-refractivity contribution in [2.45, 2.75) is 25.9 Å². The van der Waals surface area contributed by atoms with Gasteiger partial charge in [-0.25, -0.2) is 4.98 Å². The van der Waals surface area contributed by atoms with Crippen molar-refractivity contribution < 1.29 is 5.11 Å². The zero-order valence-corrected chi connectivity index (χ0v) is 11.8. The van der Waals surface area contributed by atoms with E-state index in [1.54, 1.807) is 6.07 Å². The molecule has 100 valence electrons. The fourth-order valence-electron chi connectivity index (χ4n) is 2.05. The lowest BCUT2D eigenvalue weighted by Crippen LogP contribution is -2.36. The predicted octanol–water partition coefficient (Wildman–Crippen LogP) is 2.78. The van der Waals surface area contributed by atoms with Gasteiger partial charge in [-0.3, -0.25) is 0 Å². The highest BCUT2D eigenvalue weighted by Gasteiger charge is 2.21. The third kappa shape index (κ3) is 2.99. The van der Waals surface area contributed by atoms with Crippen molar-refractivity contribution in [1.82, 2.24) is 4.98 Å². The summed E-state index contributed by atoms with van der Waals surface area (Å²) < 4.78 is 0. The Bertz CT molecular complexity index is 420. The van der Waals surface area contributed by atoms with E-state index >= 15 is 0 Å². The van der Waals surface area contributed by atoms with E-state index < -0.39 is 0 Å². The van der Waals surface area contributed by atoms with Gasteiger partial charge in [0, 0.05) is 19.6 Å². The number of rotatable bonds is 3. The Balaban J connectivity index is 2.23. The van der Waals surface area contributed by atoms with Crippen LogP contribution < -0.4 is 10.2 Å². The number of aliphatic hydroxyl groups excluding tert-OH is 1. The minimum Gasteiger partial charge on any atom is -0.393 e. The zero-order valence-electron chi connectivity index (χ0n) is 10.3. The summed E-state index contributed by atoms with van der Waals surface area (Å²) in [5.41, 5.74) is 0. The van der Waals surface area contributed by atoms with E-state index in [0.717, 1.165) is 38.3 Å². The smallest absolute Gasteiger partial charge is 0.149 e. The molecule has 0 aromatic carbocycles. The topological polar surface area (TPSA) is 48.4 Å². The molecule has 1 saturated heterocycles. The first-order valence-electron chi connectivity index (χ1n) is 6.14. The fraction of sp³-hybridized carbons (Fsp3) is 0.583. The lowest BCUT2D eigenvalue weighted by molar-refractivity contribution is 0.145. The molecule has 1 aromatic heterocycles. The van der Waals surface area contributed by atoms with Crippen molar-refractivity contribution in [3.05, 3.63) is 16.1 Å². The van der Waals surface area contributed by atoms with Gasteiger partial charge in [-0.05, 0) is 25.8 Å². The van der Waals surface area contributed by atoms with Crippen LogP contribution in [0.5, 0.6) is 0 Å². The van der Waals surface area contributed by atoms with E-state index in [-0.39, 0.29) is 6.10 Å². The number of halogens is 2. The summed E-state index contributed by atoms with van der Waals surface area (Å²) in [4.78, 5) is 6.57. The maximum absolute atomic E-state index is 9.51. The Labute approximate surface area is 117 Å². The molecule has 4 nitrogen and oxygen atoms in total. The maximum Gasteiger partial charge on any atom is 0.149 e. The van der Waals surface area contributed by atoms with E-state index in [4.69, 9.17) is 23.2 Å². The fourth-order valence-corrected chi connectivity index (χ4v) is 2.59. The summed E-state index contributed by atoms with van der Waals surface area (Å²) in [7, 11) is 0. The van der Waals surface area contributed by atoms with Crippen LogP contribution in [0.4, 0.5) is 11.6 Å². The van der Waals surface area contributed by atoms with Crippen LogP contribution >= 0.6 is 23.2 Å². The summed E-state index contributed by atoms with van der Waals surface area (Å²) in [6, 6.07) is 1.72. The highest BCUT2D eigenvalue weighted by molar-refractivity contribution is 6.37. The second kappa shape index (κ2) is 5.95. The average Bonchev–Trinajstić information content (AvgIpc) is 2.34. The number of anilines is 2. The van der Waals surface area contributed by atoms with Crippen LogP contribution in [-0.2, 0) is 0 Å². The Morgan fingerprint density at radius 1 is 1.39 bits per heavy atom. The second-order valence-corrected chi connectivity index (χ2v) is 5.19. The van der Waals surface area contributed by atoms with E-state index in [0.29, 0.717) is 15.9 Å². The van der Waals surface area contributed by atoms with Crippen molar-refractivity contribution in [3.8, 4) is 0 Å². The lowest BCUT2D eigenvalue weighted by atomic mass is 10.1. The zero-order chi connectivity index (χ0) is 13.1. The van der Waals surface area contributed by atoms with Crippen molar-refractivity contribution in [1.29, 1.82) is 0 Å². The number of piperidine rings is 1. The Morgan fingerprint density at radius 3 is 2.67 bits per heavy atom. The Hall–Kier alpha value is -0.710.